The number of hydrogen-bond acceptors (Lipinski definition) is 5. The van der Waals surface area contributed by atoms with E-state index >= 15 is 0 Å². The van der Waals surface area contributed by atoms with Crippen molar-refractivity contribution in [3.8, 4) is 22.5 Å². The van der Waals surface area contributed by atoms with E-state index in [2.05, 4.69) is 68.1 Å². The summed E-state index contributed by atoms with van der Waals surface area (Å²) < 4.78 is 13.6. The first-order chi connectivity index (χ1) is 16.8. The number of carbonyl (C=O) groups is 1. The second kappa shape index (κ2) is 11.9. The van der Waals surface area contributed by atoms with Crippen LogP contribution in [0.25, 0.3) is 33.4 Å². The molecule has 36 heavy (non-hydrogen) atoms. The van der Waals surface area contributed by atoms with Crippen LogP contribution in [0.15, 0.2) is 54.8 Å². The van der Waals surface area contributed by atoms with E-state index in [1.54, 1.807) is 0 Å². The molecule has 8 heteroatoms. The third-order valence-electron chi connectivity index (χ3n) is 5.91. The Morgan fingerprint density at radius 3 is 2.42 bits per heavy atom. The highest BCUT2D eigenvalue weighted by Gasteiger charge is 2.26. The van der Waals surface area contributed by atoms with Gasteiger partial charge >= 0.3 is 5.97 Å². The van der Waals surface area contributed by atoms with Gasteiger partial charge < -0.3 is 31.5 Å². The third kappa shape index (κ3) is 5.00. The summed E-state index contributed by atoms with van der Waals surface area (Å²) in [7, 11) is 0. The van der Waals surface area contributed by atoms with Crippen LogP contribution in [-0.4, -0.2) is 25.7 Å². The van der Waals surface area contributed by atoms with Crippen molar-refractivity contribution in [1.29, 1.82) is 0 Å². The van der Waals surface area contributed by atoms with Gasteiger partial charge in [-0.25, -0.2) is 4.79 Å². The molecule has 0 aromatic heterocycles. The molecule has 0 amide bonds. The van der Waals surface area contributed by atoms with Gasteiger partial charge in [0.2, 0.25) is 0 Å². The van der Waals surface area contributed by atoms with Gasteiger partial charge in [0.25, 0.3) is 0 Å². The fourth-order valence-electron chi connectivity index (χ4n) is 4.45. The Balaban J connectivity index is 0.00000361. The van der Waals surface area contributed by atoms with Crippen LogP contribution < -0.4 is 27.7 Å². The summed E-state index contributed by atoms with van der Waals surface area (Å²) in [5, 5.41) is 5.21. The second-order valence-electron chi connectivity index (χ2n) is 8.24. The van der Waals surface area contributed by atoms with E-state index in [-0.39, 0.29) is 23.0 Å². The van der Waals surface area contributed by atoms with Gasteiger partial charge in [0, 0.05) is 29.6 Å². The maximum Gasteiger partial charge on any atom is 0.338 e. The molecule has 4 rings (SSSR count). The molecular formula is C28H28Br3N2O3-. The van der Waals surface area contributed by atoms with Gasteiger partial charge in [-0.1, -0.05) is 18.2 Å². The summed E-state index contributed by atoms with van der Waals surface area (Å²) in [4.78, 5) is 17.7. The lowest BCUT2D eigenvalue weighted by molar-refractivity contribution is -0.0000255. The van der Waals surface area contributed by atoms with Crippen LogP contribution in [0.2, 0.25) is 0 Å². The smallest absolute Gasteiger partial charge is 0.338 e. The van der Waals surface area contributed by atoms with Crippen LogP contribution in [0.3, 0.4) is 0 Å². The zero-order valence-electron chi connectivity index (χ0n) is 20.9. The van der Waals surface area contributed by atoms with Crippen molar-refractivity contribution in [2.24, 2.45) is 4.99 Å². The number of aryl methyl sites for hydroxylation is 2. The summed E-state index contributed by atoms with van der Waals surface area (Å²) in [5.74, 6) is 0.328. The molecule has 0 unspecified atom stereocenters. The molecule has 2 aliphatic rings. The number of fused-ring (bicyclic) bond motifs is 2. The van der Waals surface area contributed by atoms with Crippen LogP contribution in [0.4, 0.5) is 5.69 Å². The number of anilines is 1. The summed E-state index contributed by atoms with van der Waals surface area (Å²) in [6, 6.07) is 11.8. The molecule has 0 saturated heterocycles. The predicted octanol–water partition coefficient (Wildman–Crippen LogP) is 4.88. The van der Waals surface area contributed by atoms with E-state index in [1.807, 2.05) is 45.0 Å². The first-order valence-electron chi connectivity index (χ1n) is 11.7. The van der Waals surface area contributed by atoms with E-state index in [0.29, 0.717) is 30.1 Å². The average Bonchev–Trinajstić information content (AvgIpc) is 2.84. The van der Waals surface area contributed by atoms with Gasteiger partial charge in [-0.15, -0.1) is 0 Å². The van der Waals surface area contributed by atoms with Crippen molar-refractivity contribution in [2.45, 2.75) is 34.6 Å². The standard InChI is InChI=1S/C28H28Br2N2O3.BrH/c1-6-31-24-15(4)13-19-21(17-11-9-10-12-18(17)28(33)34-8-3)20-14-16(5)25(32-7-2)23(30)27(20)35-26(19)22(24)29;/h9-14,31H,6-8H2,1-5H3;1H/p-1. The first-order valence-corrected chi connectivity index (χ1v) is 13.3. The predicted molar refractivity (Wildman–Crippen MR) is 149 cm³/mol. The molecule has 1 N–H and O–H groups in total. The number of benzene rings is 3. The molecule has 2 aromatic rings. The number of nitrogens with one attached hydrogen (secondary N) is 1. The van der Waals surface area contributed by atoms with E-state index in [4.69, 9.17) is 9.15 Å². The lowest BCUT2D eigenvalue weighted by Crippen LogP contribution is -3.00. The largest absolute Gasteiger partial charge is 1.00 e. The maximum atomic E-state index is 13.0. The molecular weight excluding hydrogens is 652 g/mol. The number of rotatable bonds is 6. The molecule has 0 spiro atoms. The average molecular weight is 680 g/mol. The summed E-state index contributed by atoms with van der Waals surface area (Å²) >= 11 is 7.58. The minimum Gasteiger partial charge on any atom is -1.00 e. The molecule has 1 aliphatic heterocycles. The third-order valence-corrected chi connectivity index (χ3v) is 7.40. The topological polar surface area (TPSA) is 63.8 Å². The van der Waals surface area contributed by atoms with Crippen molar-refractivity contribution in [1.82, 2.24) is 0 Å². The number of hydrogen-bond donors (Lipinski definition) is 1. The second-order valence-corrected chi connectivity index (χ2v) is 9.83. The Morgan fingerprint density at radius 2 is 1.75 bits per heavy atom. The number of halogens is 3. The Morgan fingerprint density at radius 1 is 1.03 bits per heavy atom. The maximum absolute atomic E-state index is 13.0. The minimum absolute atomic E-state index is 0. The molecule has 0 atom stereocenters. The van der Waals surface area contributed by atoms with Crippen molar-refractivity contribution in [3.05, 3.63) is 67.4 Å². The van der Waals surface area contributed by atoms with E-state index < -0.39 is 0 Å². The van der Waals surface area contributed by atoms with Crippen molar-refractivity contribution in [3.63, 3.8) is 0 Å². The number of esters is 1. The summed E-state index contributed by atoms with van der Waals surface area (Å²) in [6.45, 7) is 11.7. The Hall–Kier alpha value is -2.16. The first kappa shape index (κ1) is 28.4. The van der Waals surface area contributed by atoms with Gasteiger partial charge in [-0.2, -0.15) is 0 Å². The summed E-state index contributed by atoms with van der Waals surface area (Å²) in [6.07, 6.45) is 0. The van der Waals surface area contributed by atoms with Crippen LogP contribution in [0.5, 0.6) is 0 Å². The number of ether oxygens (including phenoxy) is 1. The van der Waals surface area contributed by atoms with Crippen LogP contribution >= 0.6 is 31.9 Å². The molecule has 1 heterocycles. The van der Waals surface area contributed by atoms with Crippen molar-refractivity contribution >= 4 is 54.5 Å². The minimum atomic E-state index is -0.348. The fourth-order valence-corrected chi connectivity index (χ4v) is 5.93. The quantitative estimate of drug-likeness (QED) is 0.233. The van der Waals surface area contributed by atoms with Gasteiger partial charge in [-0.3, -0.25) is 4.99 Å². The van der Waals surface area contributed by atoms with Crippen molar-refractivity contribution in [2.75, 3.05) is 25.0 Å². The number of nitrogens with zero attached hydrogens (tertiary/aromatic N) is 1. The van der Waals surface area contributed by atoms with Crippen LogP contribution in [0, 0.1) is 13.8 Å². The highest BCUT2D eigenvalue weighted by Crippen LogP contribution is 2.47. The van der Waals surface area contributed by atoms with Crippen molar-refractivity contribution < 1.29 is 30.9 Å². The highest BCUT2D eigenvalue weighted by atomic mass is 79.9. The van der Waals surface area contributed by atoms with Gasteiger partial charge in [-0.05, 0) is 101 Å². The normalized spacial score (nSPS) is 11.6. The fraction of sp³-hybridized carbons (Fsp3) is 0.286. The lowest BCUT2D eigenvalue weighted by Gasteiger charge is -2.21. The van der Waals surface area contributed by atoms with E-state index in [9.17, 15) is 4.79 Å². The molecule has 2 aromatic carbocycles. The highest BCUT2D eigenvalue weighted by molar-refractivity contribution is 9.11. The SMILES string of the molecule is CCN=c1c(C)cc2c(-c3ccccc3C(=O)OCC)c3cc(C)c(NCC)c(Br)c3oc-2c1Br.[Br-]. The van der Waals surface area contributed by atoms with Crippen LogP contribution in [-0.2, 0) is 4.74 Å². The zero-order valence-corrected chi connectivity index (χ0v) is 25.6. The van der Waals surface area contributed by atoms with Gasteiger partial charge in [0.15, 0.2) is 11.3 Å². The molecule has 0 bridgehead atoms. The molecule has 1 aliphatic carbocycles. The van der Waals surface area contributed by atoms with Gasteiger partial charge in [0.1, 0.15) is 0 Å². The molecule has 0 saturated carbocycles. The Bertz CT molecular complexity index is 1480. The molecule has 5 nitrogen and oxygen atoms in total. The molecule has 0 fully saturated rings. The summed E-state index contributed by atoms with van der Waals surface area (Å²) in [5.41, 5.74) is 6.91. The van der Waals surface area contributed by atoms with Crippen LogP contribution in [0.1, 0.15) is 42.3 Å². The number of carbonyl (C=O) groups excluding carboxylic acids is 1. The van der Waals surface area contributed by atoms with Gasteiger partial charge in [0.05, 0.1) is 32.2 Å². The zero-order chi connectivity index (χ0) is 25.3. The molecule has 0 radical (unpaired) electrons. The lowest BCUT2D eigenvalue weighted by atomic mass is 9.89. The molecule has 190 valence electrons. The van der Waals surface area contributed by atoms with E-state index in [1.165, 1.54) is 0 Å². The monoisotopic (exact) mass is 677 g/mol. The van der Waals surface area contributed by atoms with E-state index in [0.717, 1.165) is 59.7 Å². The Kier molecular flexibility index (Phi) is 9.41. The Labute approximate surface area is 238 Å².